The van der Waals surface area contributed by atoms with Gasteiger partial charge in [-0.1, -0.05) is 35.3 Å². The molecule has 1 saturated heterocycles. The van der Waals surface area contributed by atoms with E-state index in [1.54, 1.807) is 42.5 Å². The molecule has 0 bridgehead atoms. The van der Waals surface area contributed by atoms with Gasteiger partial charge in [0, 0.05) is 12.1 Å². The molecule has 36 heavy (non-hydrogen) atoms. The van der Waals surface area contributed by atoms with Gasteiger partial charge >= 0.3 is 17.3 Å². The van der Waals surface area contributed by atoms with Crippen molar-refractivity contribution in [3.8, 4) is 5.75 Å². The number of aromatic nitrogens is 3. The Morgan fingerprint density at radius 3 is 2.33 bits per heavy atom. The van der Waals surface area contributed by atoms with Crippen LogP contribution in [0.2, 0.25) is 10.0 Å². The van der Waals surface area contributed by atoms with Crippen LogP contribution < -0.4 is 21.7 Å². The fourth-order valence-electron chi connectivity index (χ4n) is 3.78. The number of halogens is 2. The molecule has 0 spiro atoms. The number of hydrogen-bond acceptors (Lipinski definition) is 6. The highest BCUT2D eigenvalue weighted by Gasteiger charge is 2.51. The first-order chi connectivity index (χ1) is 17.0. The molecule has 0 saturated carbocycles. The molecule has 12 heteroatoms. The van der Waals surface area contributed by atoms with Gasteiger partial charge < -0.3 is 14.6 Å². The minimum Gasteiger partial charge on any atom is -0.489 e. The molecule has 0 aliphatic carbocycles. The van der Waals surface area contributed by atoms with Gasteiger partial charge in [0.2, 0.25) is 5.62 Å². The van der Waals surface area contributed by atoms with Crippen LogP contribution in [0, 0.1) is 0 Å². The molecule has 0 amide bonds. The lowest BCUT2D eigenvalue weighted by Crippen LogP contribution is -2.68. The molecule has 1 aliphatic rings. The van der Waals surface area contributed by atoms with Crippen LogP contribution in [0.5, 0.6) is 5.75 Å². The smallest absolute Gasteiger partial charge is 0.336 e. The van der Waals surface area contributed by atoms with E-state index in [0.717, 1.165) is 9.13 Å². The lowest BCUT2D eigenvalue weighted by atomic mass is 9.97. The predicted molar refractivity (Wildman–Crippen MR) is 133 cm³/mol. The van der Waals surface area contributed by atoms with E-state index in [2.05, 4.69) is 4.99 Å². The molecule has 1 fully saturated rings. The molecule has 1 N–H and O–H groups in total. The Kier molecular flexibility index (Phi) is 7.12. The molecule has 4 rings (SSSR count). The number of aliphatic carboxylic acids is 1. The summed E-state index contributed by atoms with van der Waals surface area (Å²) >= 11 is 12.4. The molecule has 0 unspecified atom stereocenters. The number of rotatable bonds is 7. The Morgan fingerprint density at radius 2 is 1.81 bits per heavy atom. The number of hydrogen-bond donors (Lipinski definition) is 1. The number of benzene rings is 2. The number of carboxylic acids is 1. The number of nitrogens with zero attached hydrogens (tertiary/aromatic N) is 4. The monoisotopic (exact) mass is 534 g/mol. The zero-order valence-electron chi connectivity index (χ0n) is 19.8. The first kappa shape index (κ1) is 25.7. The van der Waals surface area contributed by atoms with Crippen LogP contribution in [0.4, 0.5) is 5.69 Å². The summed E-state index contributed by atoms with van der Waals surface area (Å²) in [5, 5.41) is 10.7. The summed E-state index contributed by atoms with van der Waals surface area (Å²) in [5.74, 6) is -0.861. The third kappa shape index (κ3) is 4.71. The van der Waals surface area contributed by atoms with Gasteiger partial charge in [0.25, 0.3) is 0 Å². The maximum atomic E-state index is 13.7. The summed E-state index contributed by atoms with van der Waals surface area (Å²) in [4.78, 5) is 43.6. The van der Waals surface area contributed by atoms with Crippen LogP contribution in [0.15, 0.2) is 57.0 Å². The van der Waals surface area contributed by atoms with E-state index in [1.807, 2.05) is 13.8 Å². The van der Waals surface area contributed by atoms with E-state index < -0.39 is 22.9 Å². The van der Waals surface area contributed by atoms with Gasteiger partial charge in [-0.15, -0.1) is 0 Å². The van der Waals surface area contributed by atoms with Crippen molar-refractivity contribution in [1.82, 2.24) is 13.7 Å². The van der Waals surface area contributed by atoms with E-state index in [4.69, 9.17) is 32.7 Å². The fourth-order valence-corrected chi connectivity index (χ4v) is 4.13. The first-order valence-electron chi connectivity index (χ1n) is 11.0. The Hall–Kier alpha value is -3.34. The van der Waals surface area contributed by atoms with E-state index in [9.17, 15) is 19.5 Å². The Balaban J connectivity index is 1.96. The summed E-state index contributed by atoms with van der Waals surface area (Å²) in [7, 11) is 1.42. The van der Waals surface area contributed by atoms with Crippen molar-refractivity contribution < 1.29 is 19.4 Å². The van der Waals surface area contributed by atoms with Gasteiger partial charge in [-0.05, 0) is 49.7 Å². The van der Waals surface area contributed by atoms with Gasteiger partial charge in [-0.2, -0.15) is 0 Å². The summed E-state index contributed by atoms with van der Waals surface area (Å²) in [6.07, 6.45) is -0.0859. The average Bonchev–Trinajstić information content (AvgIpc) is 2.78. The SMILES string of the molecule is CC(C)Oc1ccc(N=c2n(C)c(=O)n(C3(C(=O)O)COC3)c(=O)n2Cc2ccc(Cl)cc2)cc1Cl. The maximum absolute atomic E-state index is 13.7. The Bertz CT molecular complexity index is 1500. The molecular weight excluding hydrogens is 511 g/mol. The second kappa shape index (κ2) is 9.96. The molecule has 190 valence electrons. The largest absolute Gasteiger partial charge is 0.489 e. The standard InChI is InChI=1S/C24H24Cl2N4O6/c1-14(2)36-19-9-8-17(10-18(19)26)27-21-28(3)22(33)30(24(20(31)32)12-35-13-24)23(34)29(21)11-15-4-6-16(25)7-5-15/h4-10,14H,11-13H2,1-3H3,(H,31,32). The zero-order chi connectivity index (χ0) is 26.2. The van der Waals surface area contributed by atoms with Crippen molar-refractivity contribution >= 4 is 34.9 Å². The minimum atomic E-state index is -1.80. The van der Waals surface area contributed by atoms with Gasteiger partial charge in [-0.25, -0.2) is 23.9 Å². The van der Waals surface area contributed by atoms with Gasteiger partial charge in [0.1, 0.15) is 5.75 Å². The van der Waals surface area contributed by atoms with Crippen molar-refractivity contribution in [3.05, 3.63) is 84.7 Å². The van der Waals surface area contributed by atoms with Crippen molar-refractivity contribution in [2.45, 2.75) is 32.0 Å². The molecule has 1 aliphatic heterocycles. The Labute approximate surface area is 215 Å². The number of carbonyl (C=O) groups is 1. The number of ether oxygens (including phenoxy) is 2. The minimum absolute atomic E-state index is 0.00177. The Morgan fingerprint density at radius 1 is 1.14 bits per heavy atom. The van der Waals surface area contributed by atoms with Gasteiger partial charge in [0.15, 0.2) is 5.54 Å². The van der Waals surface area contributed by atoms with Crippen molar-refractivity contribution in [3.63, 3.8) is 0 Å². The third-order valence-corrected chi connectivity index (χ3v) is 6.26. The van der Waals surface area contributed by atoms with Crippen molar-refractivity contribution in [1.29, 1.82) is 0 Å². The number of carboxylic acid groups (broad SMARTS) is 1. The average molecular weight is 535 g/mol. The highest BCUT2D eigenvalue weighted by molar-refractivity contribution is 6.32. The highest BCUT2D eigenvalue weighted by atomic mass is 35.5. The molecule has 0 radical (unpaired) electrons. The van der Waals surface area contributed by atoms with E-state index in [0.29, 0.717) is 27.0 Å². The van der Waals surface area contributed by atoms with E-state index in [1.165, 1.54) is 11.6 Å². The quantitative estimate of drug-likeness (QED) is 0.497. The zero-order valence-corrected chi connectivity index (χ0v) is 21.3. The normalized spacial score (nSPS) is 15.1. The lowest BCUT2D eigenvalue weighted by molar-refractivity contribution is -0.176. The van der Waals surface area contributed by atoms with Crippen molar-refractivity contribution in [2.75, 3.05) is 13.2 Å². The topological polar surface area (TPSA) is 117 Å². The predicted octanol–water partition coefficient (Wildman–Crippen LogP) is 2.53. The third-order valence-electron chi connectivity index (χ3n) is 5.71. The second-order valence-corrected chi connectivity index (χ2v) is 9.54. The second-order valence-electron chi connectivity index (χ2n) is 8.69. The highest BCUT2D eigenvalue weighted by Crippen LogP contribution is 2.29. The van der Waals surface area contributed by atoms with Crippen LogP contribution >= 0.6 is 23.2 Å². The molecule has 2 aromatic carbocycles. The van der Waals surface area contributed by atoms with Crippen LogP contribution in [0.3, 0.4) is 0 Å². The molecule has 2 heterocycles. The summed E-state index contributed by atoms with van der Waals surface area (Å²) < 4.78 is 13.8. The molecule has 10 nitrogen and oxygen atoms in total. The molecule has 0 atom stereocenters. The van der Waals surface area contributed by atoms with Crippen LogP contribution in [-0.2, 0) is 28.7 Å². The van der Waals surface area contributed by atoms with E-state index >= 15 is 0 Å². The molecule has 1 aromatic heterocycles. The molecule has 3 aromatic rings. The van der Waals surface area contributed by atoms with Crippen LogP contribution in [0.25, 0.3) is 0 Å². The first-order valence-corrected chi connectivity index (χ1v) is 11.8. The van der Waals surface area contributed by atoms with E-state index in [-0.39, 0.29) is 31.5 Å². The lowest BCUT2D eigenvalue weighted by Gasteiger charge is -2.38. The van der Waals surface area contributed by atoms with Gasteiger partial charge in [0.05, 0.1) is 36.6 Å². The summed E-state index contributed by atoms with van der Waals surface area (Å²) in [5.41, 5.74) is -2.40. The summed E-state index contributed by atoms with van der Waals surface area (Å²) in [6.45, 7) is 3.14. The fraction of sp³-hybridized carbons (Fsp3) is 0.333. The van der Waals surface area contributed by atoms with Crippen molar-refractivity contribution in [2.24, 2.45) is 12.0 Å². The van der Waals surface area contributed by atoms with Gasteiger partial charge in [-0.3, -0.25) is 9.13 Å². The molecular formula is C24H24Cl2N4O6. The summed E-state index contributed by atoms with van der Waals surface area (Å²) in [6, 6.07) is 11.6. The van der Waals surface area contributed by atoms with Crippen LogP contribution in [0.1, 0.15) is 19.4 Å². The van der Waals surface area contributed by atoms with Crippen LogP contribution in [-0.4, -0.2) is 44.1 Å². The maximum Gasteiger partial charge on any atom is 0.336 e.